The van der Waals surface area contributed by atoms with Crippen molar-refractivity contribution < 1.29 is 17.9 Å². The first-order valence-electron chi connectivity index (χ1n) is 9.34. The standard InChI is InChI=1S/C21H24N2O4S.ClH/c1-27-17-7-3-14(4-8-17)20-19-12-22-11-16(19)13-23(20)21(24)15-5-9-18(10-6-15)28(2,25)26;/h3-10,16,19-20,22H,11-13H2,1-2H3;1H/t16-,19-,20-;/m0./s1. The van der Waals surface area contributed by atoms with Gasteiger partial charge in [-0.05, 0) is 47.9 Å². The van der Waals surface area contributed by atoms with Gasteiger partial charge in [0.2, 0.25) is 0 Å². The fourth-order valence-electron chi connectivity index (χ4n) is 4.37. The molecule has 0 aromatic heterocycles. The van der Waals surface area contributed by atoms with Crippen molar-refractivity contribution in [2.24, 2.45) is 11.8 Å². The maximum atomic E-state index is 13.3. The minimum absolute atomic E-state index is 0. The summed E-state index contributed by atoms with van der Waals surface area (Å²) >= 11 is 0. The number of nitrogens with one attached hydrogen (secondary N) is 1. The van der Waals surface area contributed by atoms with Crippen LogP contribution in [-0.2, 0) is 9.84 Å². The van der Waals surface area contributed by atoms with Crippen molar-refractivity contribution in [1.82, 2.24) is 10.2 Å². The van der Waals surface area contributed by atoms with Gasteiger partial charge in [-0.3, -0.25) is 4.79 Å². The topological polar surface area (TPSA) is 75.7 Å². The molecule has 2 aliphatic heterocycles. The molecule has 0 radical (unpaired) electrons. The third-order valence-electron chi connectivity index (χ3n) is 5.81. The molecule has 0 saturated carbocycles. The number of likely N-dealkylation sites (tertiary alicyclic amines) is 1. The SMILES string of the molecule is COc1ccc([C@H]2[C@H]3CNC[C@H]3CN2C(=O)c2ccc(S(C)(=O)=O)cc2)cc1.Cl. The van der Waals surface area contributed by atoms with Crippen molar-refractivity contribution in [3.63, 3.8) is 0 Å². The van der Waals surface area contributed by atoms with E-state index in [2.05, 4.69) is 5.32 Å². The molecule has 3 atom stereocenters. The van der Waals surface area contributed by atoms with E-state index in [0.29, 0.717) is 23.9 Å². The van der Waals surface area contributed by atoms with E-state index < -0.39 is 9.84 Å². The summed E-state index contributed by atoms with van der Waals surface area (Å²) in [5.41, 5.74) is 1.61. The predicted molar refractivity (Wildman–Crippen MR) is 113 cm³/mol. The Kier molecular flexibility index (Phi) is 6.22. The zero-order valence-electron chi connectivity index (χ0n) is 16.4. The fraction of sp³-hybridized carbons (Fsp3) is 0.381. The summed E-state index contributed by atoms with van der Waals surface area (Å²) < 4.78 is 28.6. The van der Waals surface area contributed by atoms with Gasteiger partial charge in [-0.25, -0.2) is 8.42 Å². The van der Waals surface area contributed by atoms with Gasteiger partial charge in [0.15, 0.2) is 9.84 Å². The largest absolute Gasteiger partial charge is 0.497 e. The first-order chi connectivity index (χ1) is 13.4. The van der Waals surface area contributed by atoms with Gasteiger partial charge < -0.3 is 15.0 Å². The summed E-state index contributed by atoms with van der Waals surface area (Å²) in [4.78, 5) is 15.4. The second kappa shape index (κ2) is 8.34. The van der Waals surface area contributed by atoms with Gasteiger partial charge >= 0.3 is 0 Å². The van der Waals surface area contributed by atoms with Crippen molar-refractivity contribution in [2.45, 2.75) is 10.9 Å². The number of hydrogen-bond acceptors (Lipinski definition) is 5. The molecule has 1 N–H and O–H groups in total. The van der Waals surface area contributed by atoms with E-state index in [0.717, 1.165) is 30.7 Å². The second-order valence-electron chi connectivity index (χ2n) is 7.55. The molecule has 156 valence electrons. The number of rotatable bonds is 4. The molecule has 2 saturated heterocycles. The lowest BCUT2D eigenvalue weighted by Gasteiger charge is -2.28. The van der Waals surface area contributed by atoms with Crippen LogP contribution in [0.5, 0.6) is 5.75 Å². The first-order valence-corrected chi connectivity index (χ1v) is 11.2. The van der Waals surface area contributed by atoms with E-state index in [9.17, 15) is 13.2 Å². The maximum Gasteiger partial charge on any atom is 0.254 e. The van der Waals surface area contributed by atoms with Crippen LogP contribution in [0.2, 0.25) is 0 Å². The van der Waals surface area contributed by atoms with E-state index in [1.165, 1.54) is 12.1 Å². The van der Waals surface area contributed by atoms with Gasteiger partial charge in [-0.1, -0.05) is 12.1 Å². The Morgan fingerprint density at radius 1 is 1.07 bits per heavy atom. The molecule has 0 bridgehead atoms. The minimum Gasteiger partial charge on any atom is -0.497 e. The summed E-state index contributed by atoms with van der Waals surface area (Å²) in [6.45, 7) is 2.49. The molecule has 29 heavy (non-hydrogen) atoms. The highest BCUT2D eigenvalue weighted by molar-refractivity contribution is 7.90. The third kappa shape index (κ3) is 4.13. The van der Waals surface area contributed by atoms with Gasteiger partial charge in [-0.2, -0.15) is 0 Å². The zero-order chi connectivity index (χ0) is 19.9. The number of carbonyl (C=O) groups excluding carboxylic acids is 1. The molecule has 2 aromatic carbocycles. The average molecular weight is 437 g/mol. The smallest absolute Gasteiger partial charge is 0.254 e. The lowest BCUT2D eigenvalue weighted by molar-refractivity contribution is 0.0714. The van der Waals surface area contributed by atoms with Crippen LogP contribution >= 0.6 is 12.4 Å². The Hall–Kier alpha value is -2.09. The van der Waals surface area contributed by atoms with E-state index in [1.807, 2.05) is 29.2 Å². The molecule has 6 nitrogen and oxygen atoms in total. The van der Waals surface area contributed by atoms with E-state index >= 15 is 0 Å². The fourth-order valence-corrected chi connectivity index (χ4v) is 5.00. The molecule has 2 aromatic rings. The van der Waals surface area contributed by atoms with Crippen LogP contribution in [0.25, 0.3) is 0 Å². The highest BCUT2D eigenvalue weighted by Crippen LogP contribution is 2.43. The molecule has 2 fully saturated rings. The van der Waals surface area contributed by atoms with Crippen molar-refractivity contribution in [1.29, 1.82) is 0 Å². The Morgan fingerprint density at radius 2 is 1.72 bits per heavy atom. The number of methoxy groups -OCH3 is 1. The number of amides is 1. The zero-order valence-corrected chi connectivity index (χ0v) is 18.0. The van der Waals surface area contributed by atoms with Crippen molar-refractivity contribution >= 4 is 28.2 Å². The van der Waals surface area contributed by atoms with Crippen LogP contribution in [0, 0.1) is 11.8 Å². The Morgan fingerprint density at radius 3 is 2.31 bits per heavy atom. The molecule has 4 rings (SSSR count). The van der Waals surface area contributed by atoms with Crippen LogP contribution in [0.4, 0.5) is 0 Å². The Balaban J connectivity index is 0.00000240. The number of fused-ring (bicyclic) bond motifs is 1. The predicted octanol–water partition coefficient (Wildman–Crippen LogP) is 2.55. The van der Waals surface area contributed by atoms with Gasteiger partial charge in [-0.15, -0.1) is 12.4 Å². The molecule has 0 unspecified atom stereocenters. The van der Waals surface area contributed by atoms with Gasteiger partial charge in [0.05, 0.1) is 18.0 Å². The lowest BCUT2D eigenvalue weighted by Crippen LogP contribution is -2.34. The minimum atomic E-state index is -3.28. The first kappa shape index (κ1) is 21.6. The van der Waals surface area contributed by atoms with Crippen molar-refractivity contribution in [3.05, 3.63) is 59.7 Å². The molecule has 8 heteroatoms. The summed E-state index contributed by atoms with van der Waals surface area (Å²) in [6, 6.07) is 14.1. The van der Waals surface area contributed by atoms with E-state index in [4.69, 9.17) is 4.74 Å². The number of halogens is 1. The molecular formula is C21H25ClN2O4S. The monoisotopic (exact) mass is 436 g/mol. The number of sulfone groups is 1. The van der Waals surface area contributed by atoms with Crippen LogP contribution < -0.4 is 10.1 Å². The van der Waals surface area contributed by atoms with Crippen molar-refractivity contribution in [2.75, 3.05) is 33.0 Å². The number of benzene rings is 2. The summed E-state index contributed by atoms with van der Waals surface area (Å²) in [7, 11) is -1.65. The van der Waals surface area contributed by atoms with Gasteiger partial charge in [0.25, 0.3) is 5.91 Å². The second-order valence-corrected chi connectivity index (χ2v) is 9.57. The van der Waals surface area contributed by atoms with Crippen LogP contribution in [-0.4, -0.2) is 52.2 Å². The lowest BCUT2D eigenvalue weighted by atomic mass is 9.89. The Bertz CT molecular complexity index is 977. The third-order valence-corrected chi connectivity index (χ3v) is 6.94. The molecule has 2 heterocycles. The van der Waals surface area contributed by atoms with Crippen LogP contribution in [0.1, 0.15) is 22.0 Å². The van der Waals surface area contributed by atoms with Gasteiger partial charge in [0, 0.05) is 37.4 Å². The molecule has 1 amide bonds. The van der Waals surface area contributed by atoms with E-state index in [1.54, 1.807) is 19.2 Å². The van der Waals surface area contributed by atoms with Crippen molar-refractivity contribution in [3.8, 4) is 5.75 Å². The quantitative estimate of drug-likeness (QED) is 0.797. The summed E-state index contributed by atoms with van der Waals surface area (Å²) in [6.07, 6.45) is 1.16. The maximum absolute atomic E-state index is 13.3. The normalized spacial score (nSPS) is 23.4. The number of hydrogen-bond donors (Lipinski definition) is 1. The summed E-state index contributed by atoms with van der Waals surface area (Å²) in [5, 5.41) is 3.44. The molecule has 0 aliphatic carbocycles. The van der Waals surface area contributed by atoms with Gasteiger partial charge in [0.1, 0.15) is 5.75 Å². The molecule has 0 spiro atoms. The average Bonchev–Trinajstić information content (AvgIpc) is 3.28. The number of carbonyl (C=O) groups is 1. The van der Waals surface area contributed by atoms with Crippen LogP contribution in [0.3, 0.4) is 0 Å². The van der Waals surface area contributed by atoms with Crippen LogP contribution in [0.15, 0.2) is 53.4 Å². The number of ether oxygens (including phenoxy) is 1. The molecule has 2 aliphatic rings. The number of nitrogens with zero attached hydrogens (tertiary/aromatic N) is 1. The molecular weight excluding hydrogens is 412 g/mol. The summed E-state index contributed by atoms with van der Waals surface area (Å²) in [5.74, 6) is 1.52. The highest BCUT2D eigenvalue weighted by Gasteiger charge is 2.46. The Labute approximate surface area is 177 Å². The highest BCUT2D eigenvalue weighted by atomic mass is 35.5. The van der Waals surface area contributed by atoms with E-state index in [-0.39, 0.29) is 29.3 Å².